The SMILES string of the molecule is O=C(NNC(=O)c1ccccc1NC(=O)c1ccco1)c1ccccc1. The topological polar surface area (TPSA) is 100 Å². The molecule has 0 spiro atoms. The van der Waals surface area contributed by atoms with E-state index in [1.54, 1.807) is 54.6 Å². The van der Waals surface area contributed by atoms with Crippen molar-refractivity contribution in [1.82, 2.24) is 10.9 Å². The van der Waals surface area contributed by atoms with Gasteiger partial charge in [-0.1, -0.05) is 30.3 Å². The summed E-state index contributed by atoms with van der Waals surface area (Å²) >= 11 is 0. The smallest absolute Gasteiger partial charge is 0.291 e. The van der Waals surface area contributed by atoms with Gasteiger partial charge in [-0.3, -0.25) is 25.2 Å². The summed E-state index contributed by atoms with van der Waals surface area (Å²) in [5, 5.41) is 2.61. The van der Waals surface area contributed by atoms with Crippen LogP contribution in [0.4, 0.5) is 5.69 Å². The second-order valence-corrected chi connectivity index (χ2v) is 5.25. The third kappa shape index (κ3) is 3.96. The van der Waals surface area contributed by atoms with Crippen molar-refractivity contribution >= 4 is 23.4 Å². The number of para-hydroxylation sites is 1. The predicted octanol–water partition coefficient (Wildman–Crippen LogP) is 2.61. The van der Waals surface area contributed by atoms with Crippen molar-refractivity contribution in [2.45, 2.75) is 0 Å². The highest BCUT2D eigenvalue weighted by Crippen LogP contribution is 2.16. The molecule has 1 heterocycles. The Morgan fingerprint density at radius 1 is 0.692 bits per heavy atom. The fourth-order valence-corrected chi connectivity index (χ4v) is 2.22. The van der Waals surface area contributed by atoms with Crippen LogP contribution in [0.1, 0.15) is 31.3 Å². The minimum Gasteiger partial charge on any atom is -0.459 e. The van der Waals surface area contributed by atoms with E-state index in [2.05, 4.69) is 16.2 Å². The molecule has 2 aromatic carbocycles. The largest absolute Gasteiger partial charge is 0.459 e. The lowest BCUT2D eigenvalue weighted by Gasteiger charge is -2.11. The third-order valence-electron chi connectivity index (χ3n) is 3.49. The summed E-state index contributed by atoms with van der Waals surface area (Å²) in [6.07, 6.45) is 1.38. The number of anilines is 1. The van der Waals surface area contributed by atoms with Crippen molar-refractivity contribution in [3.63, 3.8) is 0 Å². The second kappa shape index (κ2) is 7.80. The van der Waals surface area contributed by atoms with Gasteiger partial charge in [-0.05, 0) is 36.4 Å². The van der Waals surface area contributed by atoms with Crippen LogP contribution in [0, 0.1) is 0 Å². The van der Waals surface area contributed by atoms with Gasteiger partial charge in [-0.25, -0.2) is 0 Å². The van der Waals surface area contributed by atoms with E-state index in [0.29, 0.717) is 11.3 Å². The monoisotopic (exact) mass is 349 g/mol. The molecular formula is C19H15N3O4. The normalized spacial score (nSPS) is 10.0. The van der Waals surface area contributed by atoms with Crippen LogP contribution in [0.15, 0.2) is 77.4 Å². The summed E-state index contributed by atoms with van der Waals surface area (Å²) < 4.78 is 5.03. The van der Waals surface area contributed by atoms with Crippen LogP contribution < -0.4 is 16.2 Å². The third-order valence-corrected chi connectivity index (χ3v) is 3.49. The predicted molar refractivity (Wildman–Crippen MR) is 94.5 cm³/mol. The lowest BCUT2D eigenvalue weighted by molar-refractivity contribution is 0.0847. The zero-order valence-corrected chi connectivity index (χ0v) is 13.6. The fraction of sp³-hybridized carbons (Fsp3) is 0. The first kappa shape index (κ1) is 17.0. The van der Waals surface area contributed by atoms with E-state index in [0.717, 1.165) is 0 Å². The molecule has 1 aromatic heterocycles. The highest BCUT2D eigenvalue weighted by Gasteiger charge is 2.16. The first-order chi connectivity index (χ1) is 12.6. The fourth-order valence-electron chi connectivity index (χ4n) is 2.22. The molecule has 0 fully saturated rings. The number of hydrogen-bond acceptors (Lipinski definition) is 4. The van der Waals surface area contributed by atoms with Crippen molar-refractivity contribution in [3.05, 3.63) is 89.9 Å². The van der Waals surface area contributed by atoms with Gasteiger partial charge in [-0.15, -0.1) is 0 Å². The molecule has 3 N–H and O–H groups in total. The number of carbonyl (C=O) groups excluding carboxylic acids is 3. The van der Waals surface area contributed by atoms with Gasteiger partial charge in [0.05, 0.1) is 17.5 Å². The quantitative estimate of drug-likeness (QED) is 0.630. The molecule has 0 aliphatic rings. The Hall–Kier alpha value is -3.87. The van der Waals surface area contributed by atoms with Crippen molar-refractivity contribution in [3.8, 4) is 0 Å². The highest BCUT2D eigenvalue weighted by molar-refractivity contribution is 6.08. The van der Waals surface area contributed by atoms with Gasteiger partial charge >= 0.3 is 0 Å². The summed E-state index contributed by atoms with van der Waals surface area (Å²) in [5.41, 5.74) is 5.56. The molecule has 3 aromatic rings. The van der Waals surface area contributed by atoms with Gasteiger partial charge in [-0.2, -0.15) is 0 Å². The summed E-state index contributed by atoms with van der Waals surface area (Å²) in [4.78, 5) is 36.5. The Morgan fingerprint density at radius 3 is 2.12 bits per heavy atom. The van der Waals surface area contributed by atoms with Gasteiger partial charge in [0.1, 0.15) is 0 Å². The average molecular weight is 349 g/mol. The van der Waals surface area contributed by atoms with Crippen LogP contribution in [0.2, 0.25) is 0 Å². The molecule has 3 amide bonds. The molecule has 0 radical (unpaired) electrons. The van der Waals surface area contributed by atoms with E-state index in [1.807, 2.05) is 0 Å². The van der Waals surface area contributed by atoms with Crippen molar-refractivity contribution in [1.29, 1.82) is 0 Å². The molecule has 0 aliphatic carbocycles. The van der Waals surface area contributed by atoms with Crippen LogP contribution in [0.3, 0.4) is 0 Å². The second-order valence-electron chi connectivity index (χ2n) is 5.25. The summed E-state index contributed by atoms with van der Waals surface area (Å²) in [7, 11) is 0. The van der Waals surface area contributed by atoms with E-state index in [4.69, 9.17) is 4.42 Å². The number of rotatable bonds is 4. The van der Waals surface area contributed by atoms with Crippen LogP contribution in [-0.2, 0) is 0 Å². The van der Waals surface area contributed by atoms with E-state index in [9.17, 15) is 14.4 Å². The molecule has 26 heavy (non-hydrogen) atoms. The molecule has 0 bridgehead atoms. The lowest BCUT2D eigenvalue weighted by Crippen LogP contribution is -2.41. The van der Waals surface area contributed by atoms with Crippen LogP contribution in [-0.4, -0.2) is 17.7 Å². The minimum atomic E-state index is -0.565. The maximum Gasteiger partial charge on any atom is 0.291 e. The Kier molecular flexibility index (Phi) is 5.09. The highest BCUT2D eigenvalue weighted by atomic mass is 16.3. The number of hydrogen-bond donors (Lipinski definition) is 3. The van der Waals surface area contributed by atoms with Gasteiger partial charge < -0.3 is 9.73 Å². The summed E-state index contributed by atoms with van der Waals surface area (Å²) in [6.45, 7) is 0. The zero-order valence-electron chi connectivity index (χ0n) is 13.6. The average Bonchev–Trinajstić information content (AvgIpc) is 3.22. The van der Waals surface area contributed by atoms with Crippen molar-refractivity contribution < 1.29 is 18.8 Å². The maximum atomic E-state index is 12.4. The standard InChI is InChI=1S/C19H15N3O4/c23-17(13-7-2-1-3-8-13)21-22-18(24)14-9-4-5-10-15(14)20-19(25)16-11-6-12-26-16/h1-12H,(H,20,25)(H,21,23)(H,22,24). The number of carbonyl (C=O) groups is 3. The first-order valence-corrected chi connectivity index (χ1v) is 7.75. The Bertz CT molecular complexity index is 921. The summed E-state index contributed by atoms with van der Waals surface area (Å²) in [5.74, 6) is -1.37. The molecule has 3 rings (SSSR count). The van der Waals surface area contributed by atoms with E-state index < -0.39 is 17.7 Å². The summed E-state index contributed by atoms with van der Waals surface area (Å²) in [6, 6.07) is 18.0. The minimum absolute atomic E-state index is 0.123. The van der Waals surface area contributed by atoms with Gasteiger partial charge in [0.25, 0.3) is 17.7 Å². The van der Waals surface area contributed by atoms with Crippen molar-refractivity contribution in [2.24, 2.45) is 0 Å². The van der Waals surface area contributed by atoms with E-state index in [-0.39, 0.29) is 11.3 Å². The first-order valence-electron chi connectivity index (χ1n) is 7.75. The number of amides is 3. The van der Waals surface area contributed by atoms with E-state index in [1.165, 1.54) is 18.4 Å². The molecule has 0 atom stereocenters. The maximum absolute atomic E-state index is 12.4. The molecule has 0 saturated carbocycles. The van der Waals surface area contributed by atoms with Gasteiger partial charge in [0, 0.05) is 5.56 Å². The molecule has 130 valence electrons. The Morgan fingerprint density at radius 2 is 1.38 bits per heavy atom. The zero-order chi connectivity index (χ0) is 18.4. The van der Waals surface area contributed by atoms with E-state index >= 15 is 0 Å². The molecule has 7 nitrogen and oxygen atoms in total. The van der Waals surface area contributed by atoms with Gasteiger partial charge in [0.2, 0.25) is 0 Å². The van der Waals surface area contributed by atoms with Crippen LogP contribution >= 0.6 is 0 Å². The molecule has 0 unspecified atom stereocenters. The molecular weight excluding hydrogens is 334 g/mol. The van der Waals surface area contributed by atoms with Gasteiger partial charge in [0.15, 0.2) is 5.76 Å². The van der Waals surface area contributed by atoms with Crippen molar-refractivity contribution in [2.75, 3.05) is 5.32 Å². The number of benzene rings is 2. The number of nitrogens with one attached hydrogen (secondary N) is 3. The van der Waals surface area contributed by atoms with Crippen LogP contribution in [0.25, 0.3) is 0 Å². The molecule has 0 saturated heterocycles. The lowest BCUT2D eigenvalue weighted by atomic mass is 10.1. The Labute approximate surface area is 149 Å². The molecule has 0 aliphatic heterocycles. The van der Waals surface area contributed by atoms with Crippen LogP contribution in [0.5, 0.6) is 0 Å². The number of furan rings is 1. The molecule has 7 heteroatoms. The number of hydrazine groups is 1. The Balaban J connectivity index is 1.68.